The van der Waals surface area contributed by atoms with Crippen molar-refractivity contribution in [2.45, 2.75) is 32.7 Å². The fourth-order valence-corrected chi connectivity index (χ4v) is 5.14. The van der Waals surface area contributed by atoms with E-state index in [2.05, 4.69) is 13.8 Å². The maximum absolute atomic E-state index is 12.3. The number of hydrogen-bond donors (Lipinski definition) is 0. The summed E-state index contributed by atoms with van der Waals surface area (Å²) in [5.74, 6) is -0.236. The third-order valence-electron chi connectivity index (χ3n) is 4.42. The molecule has 0 bridgehead atoms. The normalized spacial score (nSPS) is 32.0. The van der Waals surface area contributed by atoms with Gasteiger partial charge in [0.25, 0.3) is 0 Å². The zero-order chi connectivity index (χ0) is 15.8. The minimum absolute atomic E-state index is 0.0324. The highest BCUT2D eigenvalue weighted by atomic mass is 32.2. The van der Waals surface area contributed by atoms with Crippen LogP contribution in [0.25, 0.3) is 0 Å². The van der Waals surface area contributed by atoms with Crippen molar-refractivity contribution in [1.29, 1.82) is 0 Å². The third-order valence-corrected chi connectivity index (χ3v) is 6.17. The average Bonchev–Trinajstić information content (AvgIpc) is 2.75. The Hall–Kier alpha value is -1.11. The SMILES string of the molecule is CC1CC(C)CN(C(=O)C(=O)N(C)C2CCS(=O)(=O)C2)C1. The van der Waals surface area contributed by atoms with Crippen molar-refractivity contribution >= 4 is 21.7 Å². The first-order valence-electron chi connectivity index (χ1n) is 7.46. The van der Waals surface area contributed by atoms with E-state index in [-0.39, 0.29) is 17.5 Å². The molecule has 0 saturated carbocycles. The summed E-state index contributed by atoms with van der Waals surface area (Å²) in [6, 6.07) is -0.369. The van der Waals surface area contributed by atoms with Crippen LogP contribution in [0.1, 0.15) is 26.7 Å². The Bertz CT molecular complexity index is 521. The predicted molar refractivity (Wildman–Crippen MR) is 79.4 cm³/mol. The van der Waals surface area contributed by atoms with E-state index < -0.39 is 21.7 Å². The van der Waals surface area contributed by atoms with E-state index in [9.17, 15) is 18.0 Å². The first-order valence-corrected chi connectivity index (χ1v) is 9.28. The molecular formula is C14H24N2O4S. The van der Waals surface area contributed by atoms with Gasteiger partial charge in [-0.2, -0.15) is 0 Å². The van der Waals surface area contributed by atoms with Crippen molar-refractivity contribution in [3.63, 3.8) is 0 Å². The fraction of sp³-hybridized carbons (Fsp3) is 0.857. The molecule has 3 unspecified atom stereocenters. The molecule has 2 aliphatic rings. The molecule has 0 radical (unpaired) electrons. The van der Waals surface area contributed by atoms with Gasteiger partial charge in [0.2, 0.25) is 0 Å². The lowest BCUT2D eigenvalue weighted by Crippen LogP contribution is -2.51. The second-order valence-corrected chi connectivity index (χ2v) is 8.86. The molecule has 2 amide bonds. The van der Waals surface area contributed by atoms with Crippen LogP contribution in [-0.4, -0.2) is 67.7 Å². The molecule has 0 spiro atoms. The lowest BCUT2D eigenvalue weighted by Gasteiger charge is -2.35. The number of likely N-dealkylation sites (N-methyl/N-ethyl adjacent to an activating group) is 1. The summed E-state index contributed by atoms with van der Waals surface area (Å²) in [6.07, 6.45) is 1.49. The van der Waals surface area contributed by atoms with Crippen LogP contribution in [0.4, 0.5) is 0 Å². The second-order valence-electron chi connectivity index (χ2n) is 6.63. The van der Waals surface area contributed by atoms with Gasteiger partial charge in [-0.3, -0.25) is 9.59 Å². The number of carbonyl (C=O) groups is 2. The van der Waals surface area contributed by atoms with Gasteiger partial charge in [0, 0.05) is 26.2 Å². The Labute approximate surface area is 126 Å². The van der Waals surface area contributed by atoms with Crippen molar-refractivity contribution in [3.05, 3.63) is 0 Å². The van der Waals surface area contributed by atoms with E-state index in [0.717, 1.165) is 6.42 Å². The number of likely N-dealkylation sites (tertiary alicyclic amines) is 1. The Morgan fingerprint density at radius 2 is 1.71 bits per heavy atom. The highest BCUT2D eigenvalue weighted by molar-refractivity contribution is 7.91. The van der Waals surface area contributed by atoms with Crippen LogP contribution in [0.3, 0.4) is 0 Å². The molecule has 120 valence electrons. The molecule has 2 heterocycles. The monoisotopic (exact) mass is 316 g/mol. The van der Waals surface area contributed by atoms with Gasteiger partial charge in [-0.25, -0.2) is 8.42 Å². The van der Waals surface area contributed by atoms with Gasteiger partial charge in [-0.05, 0) is 24.7 Å². The van der Waals surface area contributed by atoms with Gasteiger partial charge in [0.05, 0.1) is 11.5 Å². The van der Waals surface area contributed by atoms with E-state index >= 15 is 0 Å². The van der Waals surface area contributed by atoms with Gasteiger partial charge < -0.3 is 9.80 Å². The van der Waals surface area contributed by atoms with E-state index in [1.807, 2.05) is 0 Å². The average molecular weight is 316 g/mol. The molecule has 0 aromatic carbocycles. The molecule has 0 aliphatic carbocycles. The summed E-state index contributed by atoms with van der Waals surface area (Å²) in [7, 11) is -1.53. The molecule has 7 heteroatoms. The summed E-state index contributed by atoms with van der Waals surface area (Å²) in [6.45, 7) is 5.36. The second kappa shape index (κ2) is 5.94. The Morgan fingerprint density at radius 1 is 1.14 bits per heavy atom. The van der Waals surface area contributed by atoms with Gasteiger partial charge in [-0.15, -0.1) is 0 Å². The lowest BCUT2D eigenvalue weighted by molar-refractivity contribution is -0.153. The first-order chi connectivity index (χ1) is 9.69. The summed E-state index contributed by atoms with van der Waals surface area (Å²) in [5.41, 5.74) is 0. The topological polar surface area (TPSA) is 74.8 Å². The Kier molecular flexibility index (Phi) is 4.60. The molecular weight excluding hydrogens is 292 g/mol. The van der Waals surface area contributed by atoms with Crippen LogP contribution in [0.5, 0.6) is 0 Å². The molecule has 0 N–H and O–H groups in total. The van der Waals surface area contributed by atoms with Crippen molar-refractivity contribution in [1.82, 2.24) is 9.80 Å². The number of sulfone groups is 1. The minimum atomic E-state index is -3.06. The zero-order valence-electron chi connectivity index (χ0n) is 12.9. The number of nitrogens with zero attached hydrogens (tertiary/aromatic N) is 2. The number of carbonyl (C=O) groups excluding carboxylic acids is 2. The summed E-state index contributed by atoms with van der Waals surface area (Å²) in [4.78, 5) is 27.6. The number of amides is 2. The van der Waals surface area contributed by atoms with Crippen LogP contribution in [0.15, 0.2) is 0 Å². The third kappa shape index (κ3) is 3.75. The molecule has 2 fully saturated rings. The summed E-state index contributed by atoms with van der Waals surface area (Å²) >= 11 is 0. The number of rotatable bonds is 1. The van der Waals surface area contributed by atoms with Gasteiger partial charge >= 0.3 is 11.8 Å². The zero-order valence-corrected chi connectivity index (χ0v) is 13.7. The van der Waals surface area contributed by atoms with E-state index in [1.54, 1.807) is 4.90 Å². The van der Waals surface area contributed by atoms with Crippen LogP contribution >= 0.6 is 0 Å². The molecule has 2 saturated heterocycles. The molecule has 2 rings (SSSR count). The smallest absolute Gasteiger partial charge is 0.312 e. The van der Waals surface area contributed by atoms with E-state index in [1.165, 1.54) is 11.9 Å². The molecule has 21 heavy (non-hydrogen) atoms. The van der Waals surface area contributed by atoms with Crippen molar-refractivity contribution in [3.8, 4) is 0 Å². The molecule has 0 aromatic rings. The van der Waals surface area contributed by atoms with Crippen LogP contribution < -0.4 is 0 Å². The standard InChI is InChI=1S/C14H24N2O4S/c1-10-6-11(2)8-16(7-10)14(18)13(17)15(3)12-4-5-21(19,20)9-12/h10-12H,4-9H2,1-3H3. The number of piperidine rings is 1. The van der Waals surface area contributed by atoms with E-state index in [0.29, 0.717) is 31.3 Å². The van der Waals surface area contributed by atoms with Crippen molar-refractivity contribution in [2.75, 3.05) is 31.6 Å². The Morgan fingerprint density at radius 3 is 2.19 bits per heavy atom. The van der Waals surface area contributed by atoms with E-state index in [4.69, 9.17) is 0 Å². The highest BCUT2D eigenvalue weighted by Gasteiger charge is 2.37. The first kappa shape index (κ1) is 16.3. The van der Waals surface area contributed by atoms with Gasteiger partial charge in [0.1, 0.15) is 0 Å². The fourth-order valence-electron chi connectivity index (χ4n) is 3.36. The quantitative estimate of drug-likeness (QED) is 0.645. The maximum Gasteiger partial charge on any atom is 0.312 e. The largest absolute Gasteiger partial charge is 0.334 e. The predicted octanol–water partition coefficient (Wildman–Crippen LogP) is 0.136. The maximum atomic E-state index is 12.3. The van der Waals surface area contributed by atoms with Crippen LogP contribution in [-0.2, 0) is 19.4 Å². The van der Waals surface area contributed by atoms with Crippen molar-refractivity contribution in [2.24, 2.45) is 11.8 Å². The van der Waals surface area contributed by atoms with Crippen molar-refractivity contribution < 1.29 is 18.0 Å². The molecule has 3 atom stereocenters. The Balaban J connectivity index is 2.00. The molecule has 2 aliphatic heterocycles. The minimum Gasteiger partial charge on any atom is -0.334 e. The van der Waals surface area contributed by atoms with Gasteiger partial charge in [-0.1, -0.05) is 13.8 Å². The highest BCUT2D eigenvalue weighted by Crippen LogP contribution is 2.22. The molecule has 6 nitrogen and oxygen atoms in total. The number of hydrogen-bond acceptors (Lipinski definition) is 4. The van der Waals surface area contributed by atoms with Crippen LogP contribution in [0, 0.1) is 11.8 Å². The summed E-state index contributed by atoms with van der Waals surface area (Å²) in [5, 5.41) is 0. The molecule has 0 aromatic heterocycles. The summed E-state index contributed by atoms with van der Waals surface area (Å²) < 4.78 is 23.0. The van der Waals surface area contributed by atoms with Crippen LogP contribution in [0.2, 0.25) is 0 Å². The lowest BCUT2D eigenvalue weighted by atomic mass is 9.92. The van der Waals surface area contributed by atoms with Gasteiger partial charge in [0.15, 0.2) is 9.84 Å².